The Morgan fingerprint density at radius 1 is 1.00 bits per heavy atom. The summed E-state index contributed by atoms with van der Waals surface area (Å²) in [7, 11) is 1.35. The van der Waals surface area contributed by atoms with E-state index in [1.165, 1.54) is 32.4 Å². The molecule has 0 aliphatic carbocycles. The van der Waals surface area contributed by atoms with Crippen LogP contribution in [0.15, 0.2) is 54.6 Å². The van der Waals surface area contributed by atoms with Gasteiger partial charge in [0.05, 0.1) is 24.0 Å². The van der Waals surface area contributed by atoms with E-state index >= 15 is 0 Å². The number of nitrogens with zero attached hydrogens (tertiary/aromatic N) is 1. The number of piperidine rings is 1. The van der Waals surface area contributed by atoms with Crippen molar-refractivity contribution in [1.29, 1.82) is 0 Å². The second-order valence-corrected chi connectivity index (χ2v) is 6.50. The number of ether oxygens (including phenoxy) is 1. The van der Waals surface area contributed by atoms with E-state index in [2.05, 4.69) is 21.0 Å². The summed E-state index contributed by atoms with van der Waals surface area (Å²) in [5.41, 5.74) is 3.22. The number of methoxy groups -OCH3 is 1. The summed E-state index contributed by atoms with van der Waals surface area (Å²) in [5.74, 6) is -0.561. The largest absolute Gasteiger partial charge is 0.465 e. The summed E-state index contributed by atoms with van der Waals surface area (Å²) in [5, 5.41) is 2.98. The molecule has 0 saturated carbocycles. The first-order chi connectivity index (χ1) is 13.2. The summed E-state index contributed by atoms with van der Waals surface area (Å²) >= 11 is 0. The van der Waals surface area contributed by atoms with Crippen LogP contribution >= 0.6 is 0 Å². The lowest BCUT2D eigenvalue weighted by Crippen LogP contribution is -2.30. The molecule has 1 saturated heterocycles. The SMILES string of the molecule is COC(=O)c1ccc(/C=C/C(=O)Nc2ccccc2N2CCCCC2)cc1. The molecule has 0 radical (unpaired) electrons. The van der Waals surface area contributed by atoms with Gasteiger partial charge in [-0.3, -0.25) is 4.79 Å². The molecular formula is C22H24N2O3. The Morgan fingerprint density at radius 3 is 2.41 bits per heavy atom. The zero-order valence-electron chi connectivity index (χ0n) is 15.5. The van der Waals surface area contributed by atoms with Gasteiger partial charge in [0.1, 0.15) is 0 Å². The van der Waals surface area contributed by atoms with Crippen LogP contribution in [0.25, 0.3) is 6.08 Å². The molecule has 27 heavy (non-hydrogen) atoms. The van der Waals surface area contributed by atoms with Crippen LogP contribution in [0.4, 0.5) is 11.4 Å². The molecular weight excluding hydrogens is 340 g/mol. The average molecular weight is 364 g/mol. The maximum Gasteiger partial charge on any atom is 0.337 e. The fourth-order valence-electron chi connectivity index (χ4n) is 3.18. The minimum atomic E-state index is -0.377. The lowest BCUT2D eigenvalue weighted by atomic mass is 10.1. The first kappa shape index (κ1) is 18.7. The van der Waals surface area contributed by atoms with Crippen molar-refractivity contribution in [2.45, 2.75) is 19.3 Å². The average Bonchev–Trinajstić information content (AvgIpc) is 2.73. The molecule has 1 amide bonds. The number of rotatable bonds is 5. The molecule has 3 rings (SSSR count). The number of hydrogen-bond acceptors (Lipinski definition) is 4. The van der Waals surface area contributed by atoms with Crippen LogP contribution < -0.4 is 10.2 Å². The van der Waals surface area contributed by atoms with Crippen molar-refractivity contribution >= 4 is 29.3 Å². The maximum absolute atomic E-state index is 12.4. The molecule has 1 aliphatic heterocycles. The highest BCUT2D eigenvalue weighted by atomic mass is 16.5. The van der Waals surface area contributed by atoms with E-state index in [1.807, 2.05) is 18.2 Å². The maximum atomic E-state index is 12.4. The van der Waals surface area contributed by atoms with E-state index in [9.17, 15) is 9.59 Å². The van der Waals surface area contributed by atoms with Crippen molar-refractivity contribution in [3.8, 4) is 0 Å². The van der Waals surface area contributed by atoms with Crippen LogP contribution in [-0.2, 0) is 9.53 Å². The van der Waals surface area contributed by atoms with Crippen LogP contribution in [0.5, 0.6) is 0 Å². The fourth-order valence-corrected chi connectivity index (χ4v) is 3.18. The van der Waals surface area contributed by atoms with Gasteiger partial charge >= 0.3 is 5.97 Å². The van der Waals surface area contributed by atoms with E-state index in [-0.39, 0.29) is 11.9 Å². The van der Waals surface area contributed by atoms with Gasteiger partial charge in [0.2, 0.25) is 5.91 Å². The molecule has 1 fully saturated rings. The lowest BCUT2D eigenvalue weighted by Gasteiger charge is -2.30. The van der Waals surface area contributed by atoms with Gasteiger partial charge in [0, 0.05) is 19.2 Å². The highest BCUT2D eigenvalue weighted by molar-refractivity contribution is 6.03. The van der Waals surface area contributed by atoms with Gasteiger partial charge in [-0.2, -0.15) is 0 Å². The minimum Gasteiger partial charge on any atom is -0.465 e. The van der Waals surface area contributed by atoms with Gasteiger partial charge in [0.15, 0.2) is 0 Å². The summed E-state index contributed by atoms with van der Waals surface area (Å²) in [6, 6.07) is 14.8. The van der Waals surface area contributed by atoms with Crippen LogP contribution in [0.1, 0.15) is 35.2 Å². The Labute approximate surface area is 159 Å². The molecule has 1 aliphatic rings. The minimum absolute atomic E-state index is 0.184. The standard InChI is InChI=1S/C22H24N2O3/c1-27-22(26)18-12-9-17(10-13-18)11-14-21(25)23-19-7-3-4-8-20(19)24-15-5-2-6-16-24/h3-4,7-14H,2,5-6,15-16H2,1H3,(H,23,25)/b14-11+. The Hall–Kier alpha value is -3.08. The third-order valence-electron chi connectivity index (χ3n) is 4.62. The molecule has 0 bridgehead atoms. The lowest BCUT2D eigenvalue weighted by molar-refractivity contribution is -0.111. The molecule has 0 spiro atoms. The first-order valence-electron chi connectivity index (χ1n) is 9.19. The Morgan fingerprint density at radius 2 is 1.70 bits per heavy atom. The first-order valence-corrected chi connectivity index (χ1v) is 9.19. The van der Waals surface area contributed by atoms with E-state index in [1.54, 1.807) is 30.3 Å². The van der Waals surface area contributed by atoms with Gasteiger partial charge in [-0.05, 0) is 55.2 Å². The summed E-state index contributed by atoms with van der Waals surface area (Å²) < 4.78 is 4.68. The number of carbonyl (C=O) groups is 2. The number of carbonyl (C=O) groups excluding carboxylic acids is 2. The number of nitrogens with one attached hydrogen (secondary N) is 1. The van der Waals surface area contributed by atoms with Gasteiger partial charge in [-0.15, -0.1) is 0 Å². The van der Waals surface area contributed by atoms with E-state index in [0.717, 1.165) is 30.0 Å². The molecule has 5 heteroatoms. The monoisotopic (exact) mass is 364 g/mol. The molecule has 0 aromatic heterocycles. The molecule has 5 nitrogen and oxygen atoms in total. The van der Waals surface area contributed by atoms with Crippen molar-refractivity contribution in [2.24, 2.45) is 0 Å². The van der Waals surface area contributed by atoms with Crippen LogP contribution in [0, 0.1) is 0 Å². The molecule has 2 aromatic rings. The predicted molar refractivity (Wildman–Crippen MR) is 108 cm³/mol. The van der Waals surface area contributed by atoms with Crippen molar-refractivity contribution in [1.82, 2.24) is 0 Å². The molecule has 2 aromatic carbocycles. The van der Waals surface area contributed by atoms with Crippen LogP contribution in [-0.4, -0.2) is 32.1 Å². The van der Waals surface area contributed by atoms with E-state index in [0.29, 0.717) is 5.56 Å². The second kappa shape index (κ2) is 9.03. The van der Waals surface area contributed by atoms with Crippen molar-refractivity contribution < 1.29 is 14.3 Å². The molecule has 140 valence electrons. The number of amides is 1. The highest BCUT2D eigenvalue weighted by Crippen LogP contribution is 2.28. The summed E-state index contributed by atoms with van der Waals surface area (Å²) in [6.07, 6.45) is 6.86. The van der Waals surface area contributed by atoms with Crippen molar-refractivity contribution in [2.75, 3.05) is 30.4 Å². The normalized spacial score (nSPS) is 14.2. The van der Waals surface area contributed by atoms with Crippen molar-refractivity contribution in [3.63, 3.8) is 0 Å². The Balaban J connectivity index is 1.65. The summed E-state index contributed by atoms with van der Waals surface area (Å²) in [6.45, 7) is 2.05. The zero-order valence-corrected chi connectivity index (χ0v) is 15.5. The molecule has 1 N–H and O–H groups in total. The number of esters is 1. The number of hydrogen-bond donors (Lipinski definition) is 1. The molecule has 0 unspecified atom stereocenters. The quantitative estimate of drug-likeness (QED) is 0.641. The van der Waals surface area contributed by atoms with E-state index < -0.39 is 0 Å². The number of anilines is 2. The topological polar surface area (TPSA) is 58.6 Å². The van der Waals surface area contributed by atoms with Gasteiger partial charge in [0.25, 0.3) is 0 Å². The smallest absolute Gasteiger partial charge is 0.337 e. The van der Waals surface area contributed by atoms with Crippen molar-refractivity contribution in [3.05, 3.63) is 65.7 Å². The van der Waals surface area contributed by atoms with Gasteiger partial charge in [-0.25, -0.2) is 4.79 Å². The highest BCUT2D eigenvalue weighted by Gasteiger charge is 2.14. The molecule has 0 atom stereocenters. The molecule has 1 heterocycles. The Bertz CT molecular complexity index is 822. The van der Waals surface area contributed by atoms with Gasteiger partial charge in [-0.1, -0.05) is 24.3 Å². The number of para-hydroxylation sites is 2. The second-order valence-electron chi connectivity index (χ2n) is 6.50. The van der Waals surface area contributed by atoms with Gasteiger partial charge < -0.3 is 15.0 Å². The fraction of sp³-hybridized carbons (Fsp3) is 0.273. The Kier molecular flexibility index (Phi) is 6.26. The third kappa shape index (κ3) is 4.97. The third-order valence-corrected chi connectivity index (χ3v) is 4.62. The number of benzene rings is 2. The van der Waals surface area contributed by atoms with Crippen LogP contribution in [0.2, 0.25) is 0 Å². The predicted octanol–water partition coefficient (Wildman–Crippen LogP) is 4.12. The van der Waals surface area contributed by atoms with Crippen LogP contribution in [0.3, 0.4) is 0 Å². The van der Waals surface area contributed by atoms with E-state index in [4.69, 9.17) is 0 Å². The zero-order chi connectivity index (χ0) is 19.1. The summed E-state index contributed by atoms with van der Waals surface area (Å²) in [4.78, 5) is 26.1.